The first-order valence-corrected chi connectivity index (χ1v) is 24.3. The van der Waals surface area contributed by atoms with Crippen molar-refractivity contribution in [3.05, 3.63) is 83.8 Å². The van der Waals surface area contributed by atoms with Gasteiger partial charge in [0.1, 0.15) is 24.2 Å². The van der Waals surface area contributed by atoms with E-state index in [0.29, 0.717) is 11.5 Å². The number of amides is 6. The maximum Gasteiger partial charge on any atom is 0.246 e. The molecule has 18 heteroatoms. The van der Waals surface area contributed by atoms with Gasteiger partial charge in [-0.15, -0.1) is 0 Å². The van der Waals surface area contributed by atoms with E-state index in [4.69, 9.17) is 8.83 Å². The minimum atomic E-state index is -0.827. The standard InChI is InChI=1S/C27H38N4O5.C26H36N4O5/c1-15(2)24(33)30-23(27(5,6)7)26(35)31-13-20(32)12-21(31)25(34)29-16(3)18-8-10-19(11-9-18)22-17(4)28-14-36-22;1-15(2)23(32)29-22(26(4,5)6)25(34)30-13-19(31)11-20(30)24(33)27-12-17-7-9-18(10-8-17)21-16(3)28-14-35-21/h8-11,14-16,20-21,23,32H,12-13H2,1-7H3,(H,29,34)(H,30,33);7-10,14-15,19-20,22,31H,11-13H2,1-6H3,(H,27,33)(H,29,32)/t16-,20+,21-,23+;19-,20+,22-/m01/s1. The predicted octanol–water partition coefficient (Wildman–Crippen LogP) is 5.39. The summed E-state index contributed by atoms with van der Waals surface area (Å²) in [5.74, 6) is -1.05. The molecule has 18 nitrogen and oxygen atoms in total. The molecule has 0 bridgehead atoms. The number of hydrogen-bond donors (Lipinski definition) is 6. The maximum absolute atomic E-state index is 13.6. The van der Waals surface area contributed by atoms with Crippen LogP contribution in [0, 0.1) is 36.5 Å². The number of carbonyl (C=O) groups excluding carboxylic acids is 6. The van der Waals surface area contributed by atoms with Crippen LogP contribution in [0.1, 0.15) is 118 Å². The van der Waals surface area contributed by atoms with Gasteiger partial charge in [-0.25, -0.2) is 9.97 Å². The topological polar surface area (TPSA) is 250 Å². The third kappa shape index (κ3) is 14.1. The third-order valence-corrected chi connectivity index (χ3v) is 12.8. The summed E-state index contributed by atoms with van der Waals surface area (Å²) < 4.78 is 10.9. The zero-order valence-corrected chi connectivity index (χ0v) is 43.5. The van der Waals surface area contributed by atoms with Crippen LogP contribution in [0.15, 0.2) is 70.2 Å². The Bertz CT molecular complexity index is 2480. The Morgan fingerprint density at radius 1 is 0.620 bits per heavy atom. The summed E-state index contributed by atoms with van der Waals surface area (Å²) in [7, 11) is 0. The average molecular weight is 983 g/mol. The molecule has 0 unspecified atom stereocenters. The van der Waals surface area contributed by atoms with Crippen molar-refractivity contribution < 1.29 is 47.8 Å². The number of nitrogens with zero attached hydrogens (tertiary/aromatic N) is 4. The first-order chi connectivity index (χ1) is 33.2. The van der Waals surface area contributed by atoms with Crippen LogP contribution in [0.4, 0.5) is 0 Å². The van der Waals surface area contributed by atoms with Crippen LogP contribution in [0.3, 0.4) is 0 Å². The molecule has 4 aromatic rings. The first kappa shape index (κ1) is 55.5. The molecule has 2 saturated heterocycles. The molecule has 2 aliphatic heterocycles. The molecule has 2 aromatic heterocycles. The third-order valence-electron chi connectivity index (χ3n) is 12.8. The molecule has 6 amide bonds. The minimum Gasteiger partial charge on any atom is -0.443 e. The van der Waals surface area contributed by atoms with E-state index in [1.165, 1.54) is 22.6 Å². The number of likely N-dealkylation sites (tertiary alicyclic amines) is 2. The van der Waals surface area contributed by atoms with Gasteiger partial charge < -0.3 is 50.1 Å². The lowest BCUT2D eigenvalue weighted by atomic mass is 9.85. The van der Waals surface area contributed by atoms with E-state index in [1.54, 1.807) is 27.7 Å². The Hall–Kier alpha value is -6.40. The van der Waals surface area contributed by atoms with Crippen molar-refractivity contribution in [2.24, 2.45) is 22.7 Å². The van der Waals surface area contributed by atoms with E-state index in [-0.39, 0.29) is 85.8 Å². The van der Waals surface area contributed by atoms with E-state index in [0.717, 1.165) is 33.6 Å². The molecule has 4 heterocycles. The summed E-state index contributed by atoms with van der Waals surface area (Å²) in [6.07, 6.45) is 1.48. The number of aryl methyl sites for hydroxylation is 2. The molecule has 0 saturated carbocycles. The summed E-state index contributed by atoms with van der Waals surface area (Å²) >= 11 is 0. The van der Waals surface area contributed by atoms with Gasteiger partial charge in [0.25, 0.3) is 0 Å². The average Bonchev–Trinajstić information content (AvgIpc) is 4.12. The lowest BCUT2D eigenvalue weighted by molar-refractivity contribution is -0.144. The Morgan fingerprint density at radius 2 is 1.01 bits per heavy atom. The van der Waals surface area contributed by atoms with Crippen molar-refractivity contribution in [1.29, 1.82) is 0 Å². The largest absolute Gasteiger partial charge is 0.443 e. The molecular weight excluding hydrogens is 909 g/mol. The number of carbonyl (C=O) groups is 6. The van der Waals surface area contributed by atoms with E-state index in [1.807, 2.05) is 111 Å². The monoisotopic (exact) mass is 983 g/mol. The molecule has 2 aromatic carbocycles. The zero-order valence-electron chi connectivity index (χ0n) is 43.5. The fraction of sp³-hybridized carbons (Fsp3) is 0.547. The number of rotatable bonds is 14. The van der Waals surface area contributed by atoms with E-state index in [2.05, 4.69) is 31.2 Å². The van der Waals surface area contributed by atoms with Crippen LogP contribution in [-0.2, 0) is 35.3 Å². The summed E-state index contributed by atoms with van der Waals surface area (Å²) in [4.78, 5) is 89.1. The van der Waals surface area contributed by atoms with Crippen LogP contribution >= 0.6 is 0 Å². The van der Waals surface area contributed by atoms with Gasteiger partial charge in [0.15, 0.2) is 24.3 Å². The maximum atomic E-state index is 13.6. The second kappa shape index (κ2) is 23.2. The molecule has 386 valence electrons. The summed E-state index contributed by atoms with van der Waals surface area (Å²) in [5, 5.41) is 32.1. The van der Waals surface area contributed by atoms with Gasteiger partial charge in [-0.05, 0) is 42.7 Å². The molecule has 7 atom stereocenters. The molecule has 2 aliphatic rings. The summed E-state index contributed by atoms with van der Waals surface area (Å²) in [6, 6.07) is 11.6. The predicted molar refractivity (Wildman–Crippen MR) is 266 cm³/mol. The van der Waals surface area contributed by atoms with Crippen molar-refractivity contribution >= 4 is 35.4 Å². The zero-order chi connectivity index (χ0) is 52.7. The van der Waals surface area contributed by atoms with Gasteiger partial charge in [0, 0.05) is 55.4 Å². The van der Waals surface area contributed by atoms with Gasteiger partial charge in [-0.3, -0.25) is 28.8 Å². The fourth-order valence-electron chi connectivity index (χ4n) is 8.41. The Balaban J connectivity index is 0.000000264. The van der Waals surface area contributed by atoms with Crippen LogP contribution in [0.25, 0.3) is 22.6 Å². The second-order valence-electron chi connectivity index (χ2n) is 21.5. The van der Waals surface area contributed by atoms with Crippen molar-refractivity contribution in [2.75, 3.05) is 13.1 Å². The number of oxazole rings is 2. The molecule has 6 rings (SSSR count). The Labute approximate surface area is 417 Å². The lowest BCUT2D eigenvalue weighted by Crippen LogP contribution is -2.58. The molecule has 2 fully saturated rings. The summed E-state index contributed by atoms with van der Waals surface area (Å²) in [6.45, 7) is 24.2. The smallest absolute Gasteiger partial charge is 0.246 e. The SMILES string of the molecule is Cc1ncoc1-c1ccc(CNC(=O)[C@@H]2C[C@@H](O)CN2C(=O)[C@@H](NC(=O)C(C)C)C(C)(C)C)cc1.Cc1ncoc1-c1ccc([C@H](C)NC(=O)[C@@H]2C[C@@H](O)CN2C(=O)[C@@H](NC(=O)C(C)C)C(C)(C)C)cc1. The van der Waals surface area contributed by atoms with Crippen LogP contribution in [0.5, 0.6) is 0 Å². The van der Waals surface area contributed by atoms with Gasteiger partial charge >= 0.3 is 0 Å². The van der Waals surface area contributed by atoms with Crippen molar-refractivity contribution in [3.8, 4) is 22.6 Å². The minimum absolute atomic E-state index is 0.0423. The molecular formula is C53H74N8O10. The first-order valence-electron chi connectivity index (χ1n) is 24.3. The normalized spacial score (nSPS) is 19.4. The number of aliphatic hydroxyl groups is 2. The number of benzene rings is 2. The van der Waals surface area contributed by atoms with Gasteiger partial charge in [-0.1, -0.05) is 118 Å². The fourth-order valence-corrected chi connectivity index (χ4v) is 8.41. The number of β-amino-alcohol motifs (C(OH)–C–C–N with tert-alkyl or cyclic N) is 2. The molecule has 6 N–H and O–H groups in total. The quantitative estimate of drug-likeness (QED) is 0.0931. The highest BCUT2D eigenvalue weighted by Gasteiger charge is 2.46. The van der Waals surface area contributed by atoms with Crippen LogP contribution in [0.2, 0.25) is 0 Å². The van der Waals surface area contributed by atoms with Crippen molar-refractivity contribution in [2.45, 2.75) is 152 Å². The van der Waals surface area contributed by atoms with Gasteiger partial charge in [-0.2, -0.15) is 0 Å². The van der Waals surface area contributed by atoms with Crippen LogP contribution < -0.4 is 21.3 Å². The van der Waals surface area contributed by atoms with Gasteiger partial charge in [0.05, 0.1) is 29.6 Å². The van der Waals surface area contributed by atoms with E-state index >= 15 is 0 Å². The van der Waals surface area contributed by atoms with E-state index < -0.39 is 47.2 Å². The number of aliphatic hydroxyl groups excluding tert-OH is 2. The van der Waals surface area contributed by atoms with E-state index in [9.17, 15) is 39.0 Å². The number of nitrogens with one attached hydrogen (secondary N) is 4. The Kier molecular flexibility index (Phi) is 18.2. The number of hydrogen-bond acceptors (Lipinski definition) is 12. The van der Waals surface area contributed by atoms with Crippen molar-refractivity contribution in [3.63, 3.8) is 0 Å². The summed E-state index contributed by atoms with van der Waals surface area (Å²) in [5.41, 5.74) is 4.00. The highest BCUT2D eigenvalue weighted by molar-refractivity contribution is 5.94. The van der Waals surface area contributed by atoms with Gasteiger partial charge in [0.2, 0.25) is 35.4 Å². The van der Waals surface area contributed by atoms with Crippen molar-refractivity contribution in [1.82, 2.24) is 41.0 Å². The Morgan fingerprint density at radius 3 is 1.38 bits per heavy atom. The molecule has 0 spiro atoms. The second-order valence-corrected chi connectivity index (χ2v) is 21.5. The molecule has 0 aliphatic carbocycles. The number of aromatic nitrogens is 2. The molecule has 71 heavy (non-hydrogen) atoms. The highest BCUT2D eigenvalue weighted by atomic mass is 16.3. The lowest BCUT2D eigenvalue weighted by Gasteiger charge is -2.36. The van der Waals surface area contributed by atoms with Crippen LogP contribution in [-0.4, -0.2) is 115 Å². The molecule has 0 radical (unpaired) electrons. The highest BCUT2D eigenvalue weighted by Crippen LogP contribution is 2.30.